The molecule has 2 saturated heterocycles. The molecule has 1 unspecified atom stereocenters. The number of carbonyl (C=O) groups excluding carboxylic acids is 1. The predicted molar refractivity (Wildman–Crippen MR) is 91.3 cm³/mol. The van der Waals surface area contributed by atoms with Crippen LogP contribution in [0, 0.1) is 0 Å². The summed E-state index contributed by atoms with van der Waals surface area (Å²) in [5, 5.41) is 4.11. The van der Waals surface area contributed by atoms with Gasteiger partial charge in [-0.15, -0.1) is 0 Å². The zero-order valence-electron chi connectivity index (χ0n) is 13.2. The Balaban J connectivity index is 1.49. The SMILES string of the molecule is COc1ccc2c(C(=O)N[C@H]3CN4CCCCCC34)nsc2c1. The Bertz CT molecular complexity index is 730. The van der Waals surface area contributed by atoms with Gasteiger partial charge in [-0.3, -0.25) is 9.69 Å². The molecule has 0 saturated carbocycles. The summed E-state index contributed by atoms with van der Waals surface area (Å²) in [5.41, 5.74) is 0.541. The van der Waals surface area contributed by atoms with Gasteiger partial charge in [0.15, 0.2) is 0 Å². The lowest BCUT2D eigenvalue weighted by Crippen LogP contribution is -2.66. The lowest BCUT2D eigenvalue weighted by atomic mass is 9.93. The molecule has 0 radical (unpaired) electrons. The van der Waals surface area contributed by atoms with E-state index in [2.05, 4.69) is 14.6 Å². The van der Waals surface area contributed by atoms with Crippen molar-refractivity contribution in [1.82, 2.24) is 14.6 Å². The quantitative estimate of drug-likeness (QED) is 0.939. The van der Waals surface area contributed by atoms with Gasteiger partial charge in [0.1, 0.15) is 11.4 Å². The fourth-order valence-electron chi connectivity index (χ4n) is 3.70. The highest BCUT2D eigenvalue weighted by Crippen LogP contribution is 2.29. The Kier molecular flexibility index (Phi) is 3.95. The summed E-state index contributed by atoms with van der Waals surface area (Å²) in [6.45, 7) is 2.16. The number of nitrogens with one attached hydrogen (secondary N) is 1. The molecule has 23 heavy (non-hydrogen) atoms. The molecule has 1 aromatic carbocycles. The van der Waals surface area contributed by atoms with E-state index in [1.807, 2.05) is 18.2 Å². The van der Waals surface area contributed by atoms with E-state index in [1.165, 1.54) is 43.8 Å². The highest BCUT2D eigenvalue weighted by atomic mass is 32.1. The first-order chi connectivity index (χ1) is 11.3. The standard InChI is InChI=1S/C17H21N3O2S/c1-22-11-6-7-12-15(9-11)23-19-16(12)17(21)18-13-10-20-8-4-2-3-5-14(13)20/h6-7,9,13-14H,2-5,8,10H2,1H3,(H,18,21)/t13-,14?/m0/s1. The van der Waals surface area contributed by atoms with Crippen molar-refractivity contribution in [3.8, 4) is 5.75 Å². The minimum atomic E-state index is -0.0460. The van der Waals surface area contributed by atoms with E-state index in [0.29, 0.717) is 11.7 Å². The Hall–Kier alpha value is -1.66. The first kappa shape index (κ1) is 14.9. The first-order valence-corrected chi connectivity index (χ1v) is 9.02. The third kappa shape index (κ3) is 2.70. The molecule has 2 aliphatic rings. The van der Waals surface area contributed by atoms with Crippen LogP contribution in [0.3, 0.4) is 0 Å². The van der Waals surface area contributed by atoms with E-state index >= 15 is 0 Å². The van der Waals surface area contributed by atoms with Gasteiger partial charge in [-0.05, 0) is 49.1 Å². The number of aromatic nitrogens is 1. The Morgan fingerprint density at radius 1 is 1.39 bits per heavy atom. The van der Waals surface area contributed by atoms with Crippen molar-refractivity contribution in [2.24, 2.45) is 0 Å². The number of hydrogen-bond donors (Lipinski definition) is 1. The summed E-state index contributed by atoms with van der Waals surface area (Å²) >= 11 is 1.35. The molecule has 1 aromatic heterocycles. The summed E-state index contributed by atoms with van der Waals surface area (Å²) in [4.78, 5) is 15.1. The van der Waals surface area contributed by atoms with Gasteiger partial charge in [0.25, 0.3) is 5.91 Å². The predicted octanol–water partition coefficient (Wildman–Crippen LogP) is 2.66. The molecule has 2 atom stereocenters. The van der Waals surface area contributed by atoms with Gasteiger partial charge in [-0.2, -0.15) is 4.37 Å². The van der Waals surface area contributed by atoms with Crippen LogP contribution >= 0.6 is 11.5 Å². The fraction of sp³-hybridized carbons (Fsp3) is 0.529. The van der Waals surface area contributed by atoms with Gasteiger partial charge in [0, 0.05) is 18.0 Å². The van der Waals surface area contributed by atoms with Crippen LogP contribution in [0.4, 0.5) is 0 Å². The molecule has 3 heterocycles. The maximum atomic E-state index is 12.6. The third-order valence-electron chi connectivity index (χ3n) is 5.02. The highest BCUT2D eigenvalue weighted by Gasteiger charge is 2.40. The molecule has 0 bridgehead atoms. The number of fused-ring (bicyclic) bond motifs is 2. The van der Waals surface area contributed by atoms with Gasteiger partial charge >= 0.3 is 0 Å². The van der Waals surface area contributed by atoms with Crippen LogP contribution in [0.15, 0.2) is 18.2 Å². The van der Waals surface area contributed by atoms with Crippen LogP contribution in [0.1, 0.15) is 36.2 Å². The van der Waals surface area contributed by atoms with Crippen LogP contribution in [0.2, 0.25) is 0 Å². The minimum absolute atomic E-state index is 0.0460. The normalized spacial score (nSPS) is 24.6. The topological polar surface area (TPSA) is 54.5 Å². The number of hydrogen-bond acceptors (Lipinski definition) is 5. The molecule has 1 N–H and O–H groups in total. The van der Waals surface area contributed by atoms with E-state index in [-0.39, 0.29) is 11.9 Å². The maximum absolute atomic E-state index is 12.6. The number of methoxy groups -OCH3 is 1. The van der Waals surface area contributed by atoms with E-state index < -0.39 is 0 Å². The number of nitrogens with zero attached hydrogens (tertiary/aromatic N) is 2. The van der Waals surface area contributed by atoms with E-state index in [0.717, 1.165) is 22.4 Å². The summed E-state index contributed by atoms with van der Waals surface area (Å²) in [6.07, 6.45) is 5.06. The average Bonchev–Trinajstić information content (AvgIpc) is 2.88. The van der Waals surface area contributed by atoms with Crippen molar-refractivity contribution < 1.29 is 9.53 Å². The summed E-state index contributed by atoms with van der Waals surface area (Å²) in [6, 6.07) is 6.53. The maximum Gasteiger partial charge on any atom is 0.271 e. The number of rotatable bonds is 3. The first-order valence-electron chi connectivity index (χ1n) is 8.24. The van der Waals surface area contributed by atoms with Crippen molar-refractivity contribution in [2.75, 3.05) is 20.2 Å². The molecule has 122 valence electrons. The Morgan fingerprint density at radius 3 is 3.17 bits per heavy atom. The van der Waals surface area contributed by atoms with Crippen LogP contribution < -0.4 is 10.1 Å². The lowest BCUT2D eigenvalue weighted by Gasteiger charge is -2.47. The molecule has 6 heteroatoms. The molecule has 2 aromatic rings. The number of benzene rings is 1. The second-order valence-electron chi connectivity index (χ2n) is 6.38. The highest BCUT2D eigenvalue weighted by molar-refractivity contribution is 7.13. The number of amides is 1. The number of carbonyl (C=O) groups is 1. The van der Waals surface area contributed by atoms with Gasteiger partial charge < -0.3 is 10.1 Å². The largest absolute Gasteiger partial charge is 0.497 e. The average molecular weight is 331 g/mol. The van der Waals surface area contributed by atoms with Gasteiger partial charge in [0.05, 0.1) is 17.9 Å². The fourth-order valence-corrected chi connectivity index (χ4v) is 4.50. The smallest absolute Gasteiger partial charge is 0.271 e. The minimum Gasteiger partial charge on any atom is -0.497 e. The van der Waals surface area contributed by atoms with Crippen molar-refractivity contribution in [3.63, 3.8) is 0 Å². The van der Waals surface area contributed by atoms with Crippen molar-refractivity contribution in [2.45, 2.75) is 37.8 Å². The van der Waals surface area contributed by atoms with E-state index in [9.17, 15) is 4.79 Å². The van der Waals surface area contributed by atoms with Crippen molar-refractivity contribution in [3.05, 3.63) is 23.9 Å². The molecule has 4 rings (SSSR count). The zero-order chi connectivity index (χ0) is 15.8. The molecule has 2 aliphatic heterocycles. The van der Waals surface area contributed by atoms with Crippen LogP contribution in [0.5, 0.6) is 5.75 Å². The second-order valence-corrected chi connectivity index (χ2v) is 7.19. The van der Waals surface area contributed by atoms with Gasteiger partial charge in [-0.25, -0.2) is 0 Å². The van der Waals surface area contributed by atoms with Crippen molar-refractivity contribution >= 4 is 27.5 Å². The summed E-state index contributed by atoms with van der Waals surface area (Å²) in [7, 11) is 1.64. The Morgan fingerprint density at radius 2 is 2.30 bits per heavy atom. The number of ether oxygens (including phenoxy) is 1. The molecule has 1 amide bonds. The molecule has 0 spiro atoms. The van der Waals surface area contributed by atoms with Crippen LogP contribution in [-0.2, 0) is 0 Å². The lowest BCUT2D eigenvalue weighted by molar-refractivity contribution is 0.0410. The monoisotopic (exact) mass is 331 g/mol. The molecular formula is C17H21N3O2S. The van der Waals surface area contributed by atoms with Crippen molar-refractivity contribution in [1.29, 1.82) is 0 Å². The molecular weight excluding hydrogens is 310 g/mol. The third-order valence-corrected chi connectivity index (χ3v) is 5.83. The Labute approximate surface area is 139 Å². The van der Waals surface area contributed by atoms with E-state index in [1.54, 1.807) is 7.11 Å². The molecule has 2 fully saturated rings. The van der Waals surface area contributed by atoms with Crippen LogP contribution in [0.25, 0.3) is 10.1 Å². The summed E-state index contributed by atoms with van der Waals surface area (Å²) in [5.74, 6) is 0.747. The zero-order valence-corrected chi connectivity index (χ0v) is 14.1. The molecule has 0 aliphatic carbocycles. The molecule has 5 nitrogen and oxygen atoms in total. The van der Waals surface area contributed by atoms with Gasteiger partial charge in [0.2, 0.25) is 0 Å². The second kappa shape index (κ2) is 6.09. The van der Waals surface area contributed by atoms with Gasteiger partial charge in [-0.1, -0.05) is 12.8 Å². The summed E-state index contributed by atoms with van der Waals surface area (Å²) < 4.78 is 10.6. The van der Waals surface area contributed by atoms with E-state index in [4.69, 9.17) is 4.74 Å². The van der Waals surface area contributed by atoms with Crippen LogP contribution in [-0.4, -0.2) is 47.5 Å².